The van der Waals surface area contributed by atoms with E-state index in [0.29, 0.717) is 18.9 Å². The topological polar surface area (TPSA) is 66.9 Å². The lowest BCUT2D eigenvalue weighted by Crippen LogP contribution is -2.10. The first-order valence-corrected chi connectivity index (χ1v) is 5.07. The molecule has 1 saturated carbocycles. The van der Waals surface area contributed by atoms with Crippen molar-refractivity contribution in [2.75, 3.05) is 0 Å². The van der Waals surface area contributed by atoms with Crippen molar-refractivity contribution in [3.05, 3.63) is 39.4 Å². The number of nitrogens with zero attached hydrogens (tertiary/aromatic N) is 2. The van der Waals surface area contributed by atoms with Gasteiger partial charge >= 0.3 is 6.18 Å². The van der Waals surface area contributed by atoms with Crippen LogP contribution in [-0.2, 0) is 11.6 Å². The molecule has 1 aromatic carbocycles. The van der Waals surface area contributed by atoms with Gasteiger partial charge in [0.1, 0.15) is 0 Å². The SMILES string of the molecule is N#CC1(c2cc([N+](=O)[O-])cc(C(F)(F)F)c2)CC1. The third-order valence-corrected chi connectivity index (χ3v) is 2.97. The number of halogens is 3. The van der Waals surface area contributed by atoms with E-state index in [1.165, 1.54) is 0 Å². The molecular weight excluding hydrogens is 249 g/mol. The molecule has 94 valence electrons. The Kier molecular flexibility index (Phi) is 2.54. The lowest BCUT2D eigenvalue weighted by molar-refractivity contribution is -0.385. The molecule has 7 heteroatoms. The Morgan fingerprint density at radius 3 is 2.33 bits per heavy atom. The number of hydrogen-bond donors (Lipinski definition) is 0. The number of benzene rings is 1. The molecule has 2 rings (SSSR count). The van der Waals surface area contributed by atoms with Crippen LogP contribution < -0.4 is 0 Å². The van der Waals surface area contributed by atoms with Gasteiger partial charge in [0.2, 0.25) is 0 Å². The predicted molar refractivity (Wildman–Crippen MR) is 54.6 cm³/mol. The molecule has 4 nitrogen and oxygen atoms in total. The van der Waals surface area contributed by atoms with Crippen LogP contribution in [0.15, 0.2) is 18.2 Å². The monoisotopic (exact) mass is 256 g/mol. The third kappa shape index (κ3) is 2.01. The number of non-ortho nitro benzene ring substituents is 1. The Balaban J connectivity index is 2.59. The minimum atomic E-state index is -4.66. The van der Waals surface area contributed by atoms with Gasteiger partial charge in [-0.15, -0.1) is 0 Å². The van der Waals surface area contributed by atoms with Gasteiger partial charge in [0, 0.05) is 12.1 Å². The van der Waals surface area contributed by atoms with Gasteiger partial charge in [-0.1, -0.05) is 0 Å². The van der Waals surface area contributed by atoms with E-state index in [1.54, 1.807) is 0 Å². The molecule has 0 aromatic heterocycles. The van der Waals surface area contributed by atoms with E-state index in [-0.39, 0.29) is 5.56 Å². The Labute approximate surface area is 99.8 Å². The molecule has 0 unspecified atom stereocenters. The van der Waals surface area contributed by atoms with Gasteiger partial charge in [0.25, 0.3) is 5.69 Å². The molecule has 0 aliphatic heterocycles. The molecule has 0 heterocycles. The zero-order chi connectivity index (χ0) is 13.6. The zero-order valence-corrected chi connectivity index (χ0v) is 8.99. The number of rotatable bonds is 2. The van der Waals surface area contributed by atoms with E-state index in [1.807, 2.05) is 6.07 Å². The van der Waals surface area contributed by atoms with Crippen LogP contribution in [0.25, 0.3) is 0 Å². The lowest BCUT2D eigenvalue weighted by Gasteiger charge is -2.11. The maximum Gasteiger partial charge on any atom is 0.416 e. The van der Waals surface area contributed by atoms with Gasteiger partial charge in [-0.25, -0.2) is 0 Å². The number of nitriles is 1. The molecule has 0 spiro atoms. The quantitative estimate of drug-likeness (QED) is 0.602. The maximum absolute atomic E-state index is 12.6. The average Bonchev–Trinajstić information content (AvgIpc) is 3.08. The smallest absolute Gasteiger partial charge is 0.258 e. The first-order chi connectivity index (χ1) is 8.28. The van der Waals surface area contributed by atoms with Crippen LogP contribution in [0, 0.1) is 21.4 Å². The predicted octanol–water partition coefficient (Wildman–Crippen LogP) is 3.17. The maximum atomic E-state index is 12.6. The summed E-state index contributed by atoms with van der Waals surface area (Å²) in [4.78, 5) is 9.74. The van der Waals surface area contributed by atoms with E-state index in [9.17, 15) is 23.3 Å². The number of alkyl halides is 3. The van der Waals surface area contributed by atoms with Crippen molar-refractivity contribution in [2.24, 2.45) is 0 Å². The van der Waals surface area contributed by atoms with Gasteiger partial charge in [0.15, 0.2) is 0 Å². The fourth-order valence-electron chi connectivity index (χ4n) is 1.75. The lowest BCUT2D eigenvalue weighted by atomic mass is 9.95. The van der Waals surface area contributed by atoms with Crippen LogP contribution in [-0.4, -0.2) is 4.92 Å². The van der Waals surface area contributed by atoms with E-state index in [4.69, 9.17) is 5.26 Å². The van der Waals surface area contributed by atoms with Crippen molar-refractivity contribution in [1.29, 1.82) is 5.26 Å². The molecule has 0 amide bonds. The summed E-state index contributed by atoms with van der Waals surface area (Å²) in [6.07, 6.45) is -3.80. The molecule has 1 aliphatic carbocycles. The molecule has 1 fully saturated rings. The molecule has 0 bridgehead atoms. The summed E-state index contributed by atoms with van der Waals surface area (Å²) < 4.78 is 37.9. The summed E-state index contributed by atoms with van der Waals surface area (Å²) in [6, 6.07) is 4.28. The molecule has 18 heavy (non-hydrogen) atoms. The average molecular weight is 256 g/mol. The summed E-state index contributed by atoms with van der Waals surface area (Å²) in [5.41, 5.74) is -2.63. The Morgan fingerprint density at radius 2 is 1.94 bits per heavy atom. The molecule has 1 aliphatic rings. The number of nitro benzene ring substituents is 1. The second-order valence-electron chi connectivity index (χ2n) is 4.22. The minimum absolute atomic E-state index is 0.0755. The summed E-state index contributed by atoms with van der Waals surface area (Å²) in [7, 11) is 0. The summed E-state index contributed by atoms with van der Waals surface area (Å²) in [6.45, 7) is 0. The van der Waals surface area contributed by atoms with Crippen LogP contribution in [0.2, 0.25) is 0 Å². The van der Waals surface area contributed by atoms with E-state index in [2.05, 4.69) is 0 Å². The van der Waals surface area contributed by atoms with E-state index in [0.717, 1.165) is 12.1 Å². The van der Waals surface area contributed by atoms with Gasteiger partial charge < -0.3 is 0 Å². The normalized spacial score (nSPS) is 17.0. The first kappa shape index (κ1) is 12.4. The van der Waals surface area contributed by atoms with Crippen molar-refractivity contribution < 1.29 is 18.1 Å². The Morgan fingerprint density at radius 1 is 1.33 bits per heavy atom. The molecule has 0 N–H and O–H groups in total. The molecule has 0 radical (unpaired) electrons. The van der Waals surface area contributed by atoms with Crippen molar-refractivity contribution in [3.8, 4) is 6.07 Å². The highest BCUT2D eigenvalue weighted by atomic mass is 19.4. The largest absolute Gasteiger partial charge is 0.416 e. The highest BCUT2D eigenvalue weighted by Gasteiger charge is 2.47. The Hall–Kier alpha value is -2.10. The number of hydrogen-bond acceptors (Lipinski definition) is 3. The van der Waals surface area contributed by atoms with E-state index < -0.39 is 27.8 Å². The van der Waals surface area contributed by atoms with Crippen LogP contribution in [0.1, 0.15) is 24.0 Å². The highest BCUT2D eigenvalue weighted by Crippen LogP contribution is 2.49. The summed E-state index contributed by atoms with van der Waals surface area (Å²) >= 11 is 0. The van der Waals surface area contributed by atoms with Crippen molar-refractivity contribution in [3.63, 3.8) is 0 Å². The van der Waals surface area contributed by atoms with Crippen LogP contribution >= 0.6 is 0 Å². The van der Waals surface area contributed by atoms with Crippen LogP contribution in [0.4, 0.5) is 18.9 Å². The fourth-order valence-corrected chi connectivity index (χ4v) is 1.75. The van der Waals surface area contributed by atoms with Crippen LogP contribution in [0.5, 0.6) is 0 Å². The summed E-state index contributed by atoms with van der Waals surface area (Å²) in [5.74, 6) is 0. The van der Waals surface area contributed by atoms with Gasteiger partial charge in [-0.05, 0) is 24.5 Å². The fraction of sp³-hybridized carbons (Fsp3) is 0.364. The van der Waals surface area contributed by atoms with E-state index >= 15 is 0 Å². The third-order valence-electron chi connectivity index (χ3n) is 2.97. The first-order valence-electron chi connectivity index (χ1n) is 5.07. The second kappa shape index (κ2) is 3.70. The van der Waals surface area contributed by atoms with Crippen molar-refractivity contribution >= 4 is 5.69 Å². The van der Waals surface area contributed by atoms with Gasteiger partial charge in [-0.3, -0.25) is 10.1 Å². The highest BCUT2D eigenvalue weighted by molar-refractivity contribution is 5.48. The van der Waals surface area contributed by atoms with Crippen molar-refractivity contribution in [1.82, 2.24) is 0 Å². The second-order valence-corrected chi connectivity index (χ2v) is 4.22. The molecular formula is C11H7F3N2O2. The standard InChI is InChI=1S/C11H7F3N2O2/c12-11(13,14)8-3-7(10(6-15)1-2-10)4-9(5-8)16(17)18/h3-5H,1-2H2. The molecule has 0 saturated heterocycles. The minimum Gasteiger partial charge on any atom is -0.258 e. The van der Waals surface area contributed by atoms with Crippen LogP contribution in [0.3, 0.4) is 0 Å². The summed E-state index contributed by atoms with van der Waals surface area (Å²) in [5, 5.41) is 19.6. The van der Waals surface area contributed by atoms with Gasteiger partial charge in [0.05, 0.1) is 22.0 Å². The Bertz CT molecular complexity index is 556. The number of nitro groups is 1. The molecule has 1 aromatic rings. The van der Waals surface area contributed by atoms with Gasteiger partial charge in [-0.2, -0.15) is 18.4 Å². The van der Waals surface area contributed by atoms with Crippen molar-refractivity contribution in [2.45, 2.75) is 24.4 Å². The molecule has 0 atom stereocenters. The zero-order valence-electron chi connectivity index (χ0n) is 8.99.